The van der Waals surface area contributed by atoms with E-state index in [2.05, 4.69) is 31.3 Å². The summed E-state index contributed by atoms with van der Waals surface area (Å²) in [5.41, 5.74) is 0. The van der Waals surface area contributed by atoms with Crippen LogP contribution in [-0.4, -0.2) is 47.4 Å². The van der Waals surface area contributed by atoms with Gasteiger partial charge >= 0.3 is 5.97 Å². The van der Waals surface area contributed by atoms with Gasteiger partial charge in [-0.1, -0.05) is 218 Å². The lowest BCUT2D eigenvalue weighted by atomic mass is 10.0. The van der Waals surface area contributed by atoms with Crippen molar-refractivity contribution in [3.63, 3.8) is 0 Å². The number of nitrogens with one attached hydrogen (secondary N) is 1. The van der Waals surface area contributed by atoms with Crippen LogP contribution in [0.1, 0.15) is 264 Å². The highest BCUT2D eigenvalue weighted by molar-refractivity contribution is 5.76. The monoisotopic (exact) mass is 804 g/mol. The number of allylic oxidation sites excluding steroid dienone is 3. The summed E-state index contributed by atoms with van der Waals surface area (Å²) in [6.07, 6.45) is 54.6. The molecule has 57 heavy (non-hydrogen) atoms. The first-order chi connectivity index (χ1) is 28.0. The SMILES string of the molecule is CCCCCCCCCC/C=C/C(O)C(CO)NC(=O)CCCCCCCCC/C=C\CCCCCCCCOC(=O)CCCCCCCCCCCCCCC. The lowest BCUT2D eigenvalue weighted by Gasteiger charge is -2.20. The van der Waals surface area contributed by atoms with Gasteiger partial charge in [0.25, 0.3) is 0 Å². The predicted molar refractivity (Wildman–Crippen MR) is 246 cm³/mol. The molecule has 0 aromatic carbocycles. The first-order valence-electron chi connectivity index (χ1n) is 25.1. The van der Waals surface area contributed by atoms with E-state index in [1.165, 1.54) is 180 Å². The zero-order chi connectivity index (χ0) is 41.5. The molecule has 2 atom stereocenters. The second-order valence-electron chi connectivity index (χ2n) is 17.1. The van der Waals surface area contributed by atoms with Crippen LogP contribution in [0.3, 0.4) is 0 Å². The van der Waals surface area contributed by atoms with Crippen LogP contribution < -0.4 is 5.32 Å². The molecule has 0 saturated carbocycles. The number of esters is 1. The topological polar surface area (TPSA) is 95.9 Å². The molecule has 0 spiro atoms. The van der Waals surface area contributed by atoms with Gasteiger partial charge in [0.2, 0.25) is 5.91 Å². The Balaban J connectivity index is 3.46. The summed E-state index contributed by atoms with van der Waals surface area (Å²) in [5, 5.41) is 22.9. The quantitative estimate of drug-likeness (QED) is 0.0324. The maximum Gasteiger partial charge on any atom is 0.305 e. The number of hydrogen-bond donors (Lipinski definition) is 3. The van der Waals surface area contributed by atoms with Crippen molar-refractivity contribution in [2.45, 2.75) is 276 Å². The zero-order valence-electron chi connectivity index (χ0n) is 38.1. The molecule has 0 aliphatic carbocycles. The van der Waals surface area contributed by atoms with Crippen molar-refractivity contribution < 1.29 is 24.5 Å². The summed E-state index contributed by atoms with van der Waals surface area (Å²) in [6.45, 7) is 4.86. The van der Waals surface area contributed by atoms with E-state index in [1.54, 1.807) is 6.08 Å². The minimum Gasteiger partial charge on any atom is -0.466 e. The Hall–Kier alpha value is -1.66. The molecule has 0 heterocycles. The van der Waals surface area contributed by atoms with Crippen LogP contribution in [0, 0.1) is 0 Å². The Labute approximate surface area is 354 Å². The molecule has 3 N–H and O–H groups in total. The number of carbonyl (C=O) groups is 2. The lowest BCUT2D eigenvalue weighted by molar-refractivity contribution is -0.143. The highest BCUT2D eigenvalue weighted by Gasteiger charge is 2.18. The van der Waals surface area contributed by atoms with Crippen molar-refractivity contribution in [3.05, 3.63) is 24.3 Å². The molecule has 0 aliphatic heterocycles. The van der Waals surface area contributed by atoms with Crippen molar-refractivity contribution in [1.29, 1.82) is 0 Å². The van der Waals surface area contributed by atoms with Crippen molar-refractivity contribution in [1.82, 2.24) is 5.32 Å². The van der Waals surface area contributed by atoms with Crippen LogP contribution >= 0.6 is 0 Å². The maximum absolute atomic E-state index is 12.4. The standard InChI is InChI=1S/C51H97NO5/c1-3-5-7-9-11-13-15-21-25-29-33-37-41-45-51(56)57-46-42-38-34-30-26-23-20-18-16-17-19-22-24-28-32-36-40-44-50(55)52-48(47-53)49(54)43-39-35-31-27-14-12-10-8-6-4-2/h16,18,39,43,48-49,53-54H,3-15,17,19-38,40-42,44-47H2,1-2H3,(H,52,55)/b18-16-,43-39+. The third-order valence-corrected chi connectivity index (χ3v) is 11.5. The fraction of sp³-hybridized carbons (Fsp3) is 0.882. The highest BCUT2D eigenvalue weighted by Crippen LogP contribution is 2.15. The van der Waals surface area contributed by atoms with Gasteiger partial charge in [0, 0.05) is 12.8 Å². The van der Waals surface area contributed by atoms with Crippen molar-refractivity contribution in [3.8, 4) is 0 Å². The number of hydrogen-bond acceptors (Lipinski definition) is 5. The number of unbranched alkanes of at least 4 members (excludes halogenated alkanes) is 33. The minimum absolute atomic E-state index is 0.00189. The Bertz CT molecular complexity index is 889. The number of aliphatic hydroxyl groups excluding tert-OH is 2. The second kappa shape index (κ2) is 47.0. The highest BCUT2D eigenvalue weighted by atomic mass is 16.5. The van der Waals surface area contributed by atoms with Gasteiger partial charge in [-0.25, -0.2) is 0 Å². The van der Waals surface area contributed by atoms with E-state index >= 15 is 0 Å². The first kappa shape index (κ1) is 55.3. The normalized spacial score (nSPS) is 12.8. The molecule has 0 rings (SSSR count). The molecule has 0 radical (unpaired) electrons. The maximum atomic E-state index is 12.4. The fourth-order valence-electron chi connectivity index (χ4n) is 7.57. The molecule has 0 aromatic rings. The van der Waals surface area contributed by atoms with E-state index in [0.717, 1.165) is 57.8 Å². The molecule has 6 nitrogen and oxygen atoms in total. The smallest absolute Gasteiger partial charge is 0.305 e. The van der Waals surface area contributed by atoms with Crippen LogP contribution in [0.25, 0.3) is 0 Å². The molecule has 336 valence electrons. The Morgan fingerprint density at radius 3 is 1.25 bits per heavy atom. The van der Waals surface area contributed by atoms with Gasteiger partial charge in [-0.2, -0.15) is 0 Å². The van der Waals surface area contributed by atoms with E-state index in [0.29, 0.717) is 19.4 Å². The Morgan fingerprint density at radius 1 is 0.474 bits per heavy atom. The lowest BCUT2D eigenvalue weighted by Crippen LogP contribution is -2.45. The minimum atomic E-state index is -0.849. The average Bonchev–Trinajstić information content (AvgIpc) is 3.21. The molecule has 0 aliphatic rings. The van der Waals surface area contributed by atoms with Crippen molar-refractivity contribution in [2.75, 3.05) is 13.2 Å². The van der Waals surface area contributed by atoms with E-state index in [1.807, 2.05) is 6.08 Å². The van der Waals surface area contributed by atoms with Crippen LogP contribution in [0.4, 0.5) is 0 Å². The number of amides is 1. The second-order valence-corrected chi connectivity index (χ2v) is 17.1. The number of carbonyl (C=O) groups excluding carboxylic acids is 2. The van der Waals surface area contributed by atoms with Crippen LogP contribution in [0.5, 0.6) is 0 Å². The molecule has 0 fully saturated rings. The molecule has 0 bridgehead atoms. The van der Waals surface area contributed by atoms with Gasteiger partial charge in [0.15, 0.2) is 0 Å². The van der Waals surface area contributed by atoms with E-state index < -0.39 is 12.1 Å². The summed E-state index contributed by atoms with van der Waals surface area (Å²) in [7, 11) is 0. The summed E-state index contributed by atoms with van der Waals surface area (Å²) in [6, 6.07) is -0.634. The van der Waals surface area contributed by atoms with Gasteiger partial charge in [0.05, 0.1) is 25.4 Å². The molecular formula is C51H97NO5. The van der Waals surface area contributed by atoms with Gasteiger partial charge in [-0.05, 0) is 57.8 Å². The van der Waals surface area contributed by atoms with Crippen LogP contribution in [0.2, 0.25) is 0 Å². The fourth-order valence-corrected chi connectivity index (χ4v) is 7.57. The number of aliphatic hydroxyl groups is 2. The van der Waals surface area contributed by atoms with Crippen molar-refractivity contribution in [2.24, 2.45) is 0 Å². The number of rotatable bonds is 46. The first-order valence-corrected chi connectivity index (χ1v) is 25.1. The third kappa shape index (κ3) is 43.7. The van der Waals surface area contributed by atoms with Gasteiger partial charge < -0.3 is 20.3 Å². The van der Waals surface area contributed by atoms with E-state index in [-0.39, 0.29) is 18.5 Å². The number of ether oxygens (including phenoxy) is 1. The third-order valence-electron chi connectivity index (χ3n) is 11.5. The summed E-state index contributed by atoms with van der Waals surface area (Å²) < 4.78 is 5.45. The van der Waals surface area contributed by atoms with Gasteiger partial charge in [0.1, 0.15) is 0 Å². The average molecular weight is 804 g/mol. The summed E-state index contributed by atoms with van der Waals surface area (Å²) >= 11 is 0. The van der Waals surface area contributed by atoms with Crippen LogP contribution in [-0.2, 0) is 14.3 Å². The van der Waals surface area contributed by atoms with E-state index in [4.69, 9.17) is 4.74 Å². The molecule has 6 heteroatoms. The zero-order valence-corrected chi connectivity index (χ0v) is 38.1. The van der Waals surface area contributed by atoms with Gasteiger partial charge in [-0.15, -0.1) is 0 Å². The molecule has 2 unspecified atom stereocenters. The molecule has 0 saturated heterocycles. The molecule has 0 aromatic heterocycles. The molecule has 1 amide bonds. The van der Waals surface area contributed by atoms with E-state index in [9.17, 15) is 19.8 Å². The summed E-state index contributed by atoms with van der Waals surface area (Å²) in [5.74, 6) is -0.0842. The summed E-state index contributed by atoms with van der Waals surface area (Å²) in [4.78, 5) is 24.4. The Morgan fingerprint density at radius 2 is 0.825 bits per heavy atom. The largest absolute Gasteiger partial charge is 0.466 e. The molecular weight excluding hydrogens is 707 g/mol. The van der Waals surface area contributed by atoms with Crippen LogP contribution in [0.15, 0.2) is 24.3 Å². The predicted octanol–water partition coefficient (Wildman–Crippen LogP) is 14.7. The van der Waals surface area contributed by atoms with Crippen molar-refractivity contribution >= 4 is 11.9 Å². The Kier molecular flexibility index (Phi) is 45.7. The van der Waals surface area contributed by atoms with Gasteiger partial charge in [-0.3, -0.25) is 9.59 Å².